The van der Waals surface area contributed by atoms with Gasteiger partial charge in [0.15, 0.2) is 10.8 Å². The molecule has 0 bridgehead atoms. The van der Waals surface area contributed by atoms with E-state index in [4.69, 9.17) is 10.6 Å². The highest BCUT2D eigenvalue weighted by Crippen LogP contribution is 2.41. The van der Waals surface area contributed by atoms with Crippen LogP contribution >= 0.6 is 35.1 Å². The first-order chi connectivity index (χ1) is 19.4. The van der Waals surface area contributed by atoms with Crippen LogP contribution in [0.4, 0.5) is 5.13 Å². The molecule has 3 aromatic rings. The number of nitrogens with zero attached hydrogens (tertiary/aromatic N) is 9. The maximum absolute atomic E-state index is 13.2. The van der Waals surface area contributed by atoms with Crippen molar-refractivity contribution in [1.29, 1.82) is 0 Å². The molecule has 2 aliphatic heterocycles. The van der Waals surface area contributed by atoms with Gasteiger partial charge in [0, 0.05) is 23.0 Å². The van der Waals surface area contributed by atoms with Crippen molar-refractivity contribution in [2.24, 2.45) is 5.16 Å². The Morgan fingerprint density at radius 1 is 1.35 bits per heavy atom. The lowest BCUT2D eigenvalue weighted by molar-refractivity contribution is -0.150. The van der Waals surface area contributed by atoms with E-state index in [2.05, 4.69) is 40.5 Å². The molecular weight excluding hydrogens is 583 g/mol. The van der Waals surface area contributed by atoms with Gasteiger partial charge in [-0.1, -0.05) is 11.2 Å². The molecule has 0 spiro atoms. The highest BCUT2D eigenvalue weighted by molar-refractivity contribution is 8.01. The maximum atomic E-state index is 13.2. The van der Waals surface area contributed by atoms with Crippen LogP contribution in [0.15, 0.2) is 45.7 Å². The molecule has 1 fully saturated rings. The van der Waals surface area contributed by atoms with Gasteiger partial charge >= 0.3 is 5.97 Å². The lowest BCUT2D eigenvalue weighted by Gasteiger charge is -2.49. The van der Waals surface area contributed by atoms with Gasteiger partial charge in [-0.25, -0.2) is 4.79 Å². The van der Waals surface area contributed by atoms with Crippen molar-refractivity contribution in [3.8, 4) is 0 Å². The average molecular weight is 602 g/mol. The van der Waals surface area contributed by atoms with E-state index in [9.17, 15) is 19.5 Å². The number of tetrazole rings is 1. The van der Waals surface area contributed by atoms with Crippen molar-refractivity contribution in [2.45, 2.75) is 35.4 Å². The standard InChI is InChI=1S/C21H19N11O5S3/c22-21-24-16(28-40-21)13(27-37-10-3-1-2-4-10)17(33)23-14-18(34)31-15(20(35)36)9(8-39-19(14)31)7-38-12-6-5-11-25-29-30-32(11)26-12/h1,3,5-6,10,14,19H,2,4,7-8H2,(H,23,33)(H,35,36)(H2,22,24,28)/b27-13-/t10?,14?,19-/m1/s1. The van der Waals surface area contributed by atoms with Gasteiger partial charge in [-0.3, -0.25) is 14.5 Å². The summed E-state index contributed by atoms with van der Waals surface area (Å²) in [5.41, 5.74) is 6.40. The molecule has 1 saturated heterocycles. The maximum Gasteiger partial charge on any atom is 0.352 e. The molecule has 3 atom stereocenters. The molecule has 0 radical (unpaired) electrons. The van der Waals surface area contributed by atoms with E-state index in [0.29, 0.717) is 28.4 Å². The Balaban J connectivity index is 1.17. The van der Waals surface area contributed by atoms with Crippen molar-refractivity contribution in [3.05, 3.63) is 41.4 Å². The highest BCUT2D eigenvalue weighted by Gasteiger charge is 2.54. The number of carbonyl (C=O) groups excluding carboxylic acids is 2. The Morgan fingerprint density at radius 2 is 2.23 bits per heavy atom. The first-order valence-corrected chi connectivity index (χ1v) is 14.6. The molecule has 3 aliphatic rings. The van der Waals surface area contributed by atoms with Crippen LogP contribution in [0.2, 0.25) is 0 Å². The Bertz CT molecular complexity index is 1600. The number of carbonyl (C=O) groups is 3. The minimum Gasteiger partial charge on any atom is -0.477 e. The number of anilines is 1. The molecule has 3 aromatic heterocycles. The van der Waals surface area contributed by atoms with Gasteiger partial charge in [0.25, 0.3) is 11.8 Å². The molecule has 2 unspecified atom stereocenters. The summed E-state index contributed by atoms with van der Waals surface area (Å²) in [5, 5.41) is 32.1. The molecule has 40 heavy (non-hydrogen) atoms. The van der Waals surface area contributed by atoms with Crippen LogP contribution in [0.1, 0.15) is 18.7 Å². The number of allylic oxidation sites excluding steroid dienone is 1. The number of carboxylic acid groups (broad SMARTS) is 1. The fourth-order valence-electron chi connectivity index (χ4n) is 4.20. The molecule has 0 aromatic carbocycles. The molecule has 0 saturated carbocycles. The molecule has 5 heterocycles. The van der Waals surface area contributed by atoms with Crippen LogP contribution in [-0.4, -0.2) is 97.1 Å². The van der Waals surface area contributed by atoms with Crippen molar-refractivity contribution >= 4 is 69.3 Å². The van der Waals surface area contributed by atoms with Crippen molar-refractivity contribution in [3.63, 3.8) is 0 Å². The number of rotatable bonds is 9. The van der Waals surface area contributed by atoms with Gasteiger partial charge in [0.2, 0.25) is 11.5 Å². The summed E-state index contributed by atoms with van der Waals surface area (Å²) in [5.74, 6) is -1.92. The molecule has 16 nitrogen and oxygen atoms in total. The summed E-state index contributed by atoms with van der Waals surface area (Å²) in [6.45, 7) is 0. The SMILES string of the molecule is Nc1nc(/C(=N/OC2C=CCC2)C(=O)NC2C(=O)N3C(C(=O)O)=C(CSc4ccc5nnnn5n4)CS[C@H]23)ns1. The third-order valence-electron chi connectivity index (χ3n) is 6.09. The van der Waals surface area contributed by atoms with Gasteiger partial charge in [0.1, 0.15) is 28.2 Å². The normalized spacial score (nSPS) is 22.4. The summed E-state index contributed by atoms with van der Waals surface area (Å²) in [4.78, 5) is 49.3. The molecule has 4 N–H and O–H groups in total. The average Bonchev–Trinajstić information content (AvgIpc) is 3.72. The van der Waals surface area contributed by atoms with Crippen LogP contribution < -0.4 is 11.1 Å². The fourth-order valence-corrected chi connectivity index (χ4v) is 6.97. The molecule has 6 rings (SSSR count). The number of hydrogen-bond donors (Lipinski definition) is 3. The van der Waals surface area contributed by atoms with Gasteiger partial charge in [0.05, 0.1) is 0 Å². The third-order valence-corrected chi connectivity index (χ3v) is 8.98. The Hall–Kier alpha value is -4.10. The number of nitrogen functional groups attached to an aromatic ring is 1. The molecule has 2 amide bonds. The first-order valence-electron chi connectivity index (χ1n) is 11.8. The second kappa shape index (κ2) is 10.8. The lowest BCUT2D eigenvalue weighted by atomic mass is 10.0. The number of nitrogens with two attached hydrogens (primary N) is 1. The summed E-state index contributed by atoms with van der Waals surface area (Å²) in [7, 11) is 0. The van der Waals surface area contributed by atoms with Crippen LogP contribution in [0.3, 0.4) is 0 Å². The fraction of sp³-hybridized carbons (Fsp3) is 0.333. The second-order valence-electron chi connectivity index (χ2n) is 8.65. The summed E-state index contributed by atoms with van der Waals surface area (Å²) >= 11 is 3.54. The zero-order valence-corrected chi connectivity index (χ0v) is 22.7. The lowest BCUT2D eigenvalue weighted by Crippen LogP contribution is -2.71. The number of nitrogens with one attached hydrogen (secondary N) is 1. The Morgan fingerprint density at radius 3 is 2.98 bits per heavy atom. The van der Waals surface area contributed by atoms with Gasteiger partial charge in [-0.15, -0.1) is 38.4 Å². The smallest absolute Gasteiger partial charge is 0.352 e. The van der Waals surface area contributed by atoms with E-state index >= 15 is 0 Å². The van der Waals surface area contributed by atoms with Gasteiger partial charge in [-0.2, -0.15) is 9.36 Å². The van der Waals surface area contributed by atoms with E-state index < -0.39 is 29.2 Å². The van der Waals surface area contributed by atoms with E-state index in [1.165, 1.54) is 33.1 Å². The minimum absolute atomic E-state index is 0.0270. The topological polar surface area (TPSA) is 216 Å². The van der Waals surface area contributed by atoms with Crippen molar-refractivity contribution < 1.29 is 24.3 Å². The number of aliphatic carboxylic acids is 1. The first kappa shape index (κ1) is 26.1. The number of thioether (sulfide) groups is 2. The Labute approximate surface area is 237 Å². The minimum atomic E-state index is -1.23. The second-order valence-corrected chi connectivity index (χ2v) is 11.5. The number of carboxylic acids is 1. The van der Waals surface area contributed by atoms with Crippen LogP contribution in [-0.2, 0) is 19.2 Å². The molecule has 1 aliphatic carbocycles. The number of fused-ring (bicyclic) bond motifs is 2. The summed E-state index contributed by atoms with van der Waals surface area (Å²) in [6, 6.07) is 2.45. The number of hydrogen-bond acceptors (Lipinski definition) is 15. The van der Waals surface area contributed by atoms with Gasteiger partial charge in [-0.05, 0) is 47.1 Å². The third kappa shape index (κ3) is 4.97. The van der Waals surface area contributed by atoms with Crippen LogP contribution in [0.25, 0.3) is 5.65 Å². The largest absolute Gasteiger partial charge is 0.477 e. The highest BCUT2D eigenvalue weighted by atomic mass is 32.2. The monoisotopic (exact) mass is 601 g/mol. The summed E-state index contributed by atoms with van der Waals surface area (Å²) in [6.07, 6.45) is 5.04. The quantitative estimate of drug-likeness (QED) is 0.0962. The zero-order valence-electron chi connectivity index (χ0n) is 20.3. The van der Waals surface area contributed by atoms with Gasteiger partial charge < -0.3 is 21.0 Å². The number of amides is 2. The van der Waals surface area contributed by atoms with Crippen molar-refractivity contribution in [2.75, 3.05) is 17.2 Å². The summed E-state index contributed by atoms with van der Waals surface area (Å²) < 4.78 is 5.32. The van der Waals surface area contributed by atoms with E-state index in [1.807, 2.05) is 12.2 Å². The number of aromatic nitrogens is 7. The van der Waals surface area contributed by atoms with E-state index in [-0.39, 0.29) is 34.2 Å². The van der Waals surface area contributed by atoms with E-state index in [1.54, 1.807) is 12.1 Å². The molecule has 19 heteroatoms. The number of oxime groups is 1. The molecular formula is C21H19N11O5S3. The van der Waals surface area contributed by atoms with Crippen LogP contribution in [0, 0.1) is 0 Å². The van der Waals surface area contributed by atoms with E-state index in [0.717, 1.165) is 18.0 Å². The van der Waals surface area contributed by atoms with Crippen LogP contribution in [0.5, 0.6) is 0 Å². The van der Waals surface area contributed by atoms with Crippen molar-refractivity contribution in [1.82, 2.24) is 44.8 Å². The zero-order chi connectivity index (χ0) is 27.8. The molecule has 206 valence electrons. The Kier molecular flexibility index (Phi) is 7.07. The number of β-lactam (4-membered cyclic amide) rings is 1. The predicted molar refractivity (Wildman–Crippen MR) is 143 cm³/mol. The predicted octanol–water partition coefficient (Wildman–Crippen LogP) is -0.0768.